The van der Waals surface area contributed by atoms with Crippen molar-refractivity contribution in [3.05, 3.63) is 65.7 Å². The van der Waals surface area contributed by atoms with Gasteiger partial charge in [-0.15, -0.1) is 12.4 Å². The Labute approximate surface area is 165 Å². The first kappa shape index (κ1) is 20.9. The smallest absolute Gasteiger partial charge is 0.258 e. The SMILES string of the molecule is CC1CC(NC(=O)COc2ccc(C(=O)c3ccccc3)cc2)CCN1.Cl. The number of ketones is 1. The van der Waals surface area contributed by atoms with Gasteiger partial charge < -0.3 is 15.4 Å². The molecule has 1 heterocycles. The number of halogens is 1. The molecule has 2 unspecified atom stereocenters. The summed E-state index contributed by atoms with van der Waals surface area (Å²) in [4.78, 5) is 24.4. The van der Waals surface area contributed by atoms with E-state index in [0.29, 0.717) is 22.9 Å². The molecule has 0 aliphatic carbocycles. The minimum absolute atomic E-state index is 0. The van der Waals surface area contributed by atoms with Gasteiger partial charge in [0, 0.05) is 23.2 Å². The summed E-state index contributed by atoms with van der Waals surface area (Å²) < 4.78 is 5.54. The van der Waals surface area contributed by atoms with E-state index in [9.17, 15) is 9.59 Å². The highest BCUT2D eigenvalue weighted by Gasteiger charge is 2.20. The lowest BCUT2D eigenvalue weighted by molar-refractivity contribution is -0.124. The third kappa shape index (κ3) is 6.08. The summed E-state index contributed by atoms with van der Waals surface area (Å²) in [6.45, 7) is 3.02. The van der Waals surface area contributed by atoms with Gasteiger partial charge in [0.15, 0.2) is 12.4 Å². The fourth-order valence-corrected chi connectivity index (χ4v) is 3.14. The van der Waals surface area contributed by atoms with Gasteiger partial charge in [-0.2, -0.15) is 0 Å². The second-order valence-electron chi connectivity index (χ2n) is 6.65. The molecule has 0 spiro atoms. The van der Waals surface area contributed by atoms with Crippen LogP contribution in [0.1, 0.15) is 35.7 Å². The fraction of sp³-hybridized carbons (Fsp3) is 0.333. The van der Waals surface area contributed by atoms with Crippen LogP contribution in [0, 0.1) is 0 Å². The second kappa shape index (κ2) is 10.1. The molecule has 1 amide bonds. The van der Waals surface area contributed by atoms with Crippen LogP contribution < -0.4 is 15.4 Å². The number of rotatable bonds is 6. The number of ether oxygens (including phenoxy) is 1. The largest absolute Gasteiger partial charge is 0.484 e. The third-order valence-electron chi connectivity index (χ3n) is 4.51. The summed E-state index contributed by atoms with van der Waals surface area (Å²) in [5, 5.41) is 6.37. The van der Waals surface area contributed by atoms with Gasteiger partial charge in [-0.25, -0.2) is 0 Å². The molecule has 1 fully saturated rings. The van der Waals surface area contributed by atoms with E-state index >= 15 is 0 Å². The van der Waals surface area contributed by atoms with Crippen LogP contribution in [0.25, 0.3) is 0 Å². The first-order valence-electron chi connectivity index (χ1n) is 8.97. The van der Waals surface area contributed by atoms with Crippen LogP contribution in [-0.2, 0) is 4.79 Å². The van der Waals surface area contributed by atoms with Crippen LogP contribution in [0.2, 0.25) is 0 Å². The van der Waals surface area contributed by atoms with Gasteiger partial charge in [-0.05, 0) is 50.6 Å². The van der Waals surface area contributed by atoms with E-state index in [1.807, 2.05) is 18.2 Å². The third-order valence-corrected chi connectivity index (χ3v) is 4.51. The van der Waals surface area contributed by atoms with Gasteiger partial charge >= 0.3 is 0 Å². The molecule has 5 nitrogen and oxygen atoms in total. The highest BCUT2D eigenvalue weighted by Crippen LogP contribution is 2.15. The van der Waals surface area contributed by atoms with Crippen LogP contribution >= 0.6 is 12.4 Å². The van der Waals surface area contributed by atoms with Gasteiger partial charge in [-0.3, -0.25) is 9.59 Å². The van der Waals surface area contributed by atoms with Gasteiger partial charge in [0.2, 0.25) is 0 Å². The highest BCUT2D eigenvalue weighted by molar-refractivity contribution is 6.08. The van der Waals surface area contributed by atoms with Crippen LogP contribution in [-0.4, -0.2) is 36.9 Å². The number of hydrogen-bond acceptors (Lipinski definition) is 4. The Morgan fingerprint density at radius 2 is 1.74 bits per heavy atom. The molecule has 1 aliphatic heterocycles. The van der Waals surface area contributed by atoms with Gasteiger partial charge in [0.1, 0.15) is 5.75 Å². The molecule has 2 atom stereocenters. The average Bonchev–Trinajstić information content (AvgIpc) is 2.67. The Bertz CT molecular complexity index is 750. The lowest BCUT2D eigenvalue weighted by atomic mass is 10.0. The molecule has 0 bridgehead atoms. The monoisotopic (exact) mass is 388 g/mol. The van der Waals surface area contributed by atoms with Crippen LogP contribution in [0.5, 0.6) is 5.75 Å². The molecular formula is C21H25ClN2O3. The zero-order chi connectivity index (χ0) is 18.4. The predicted octanol–water partition coefficient (Wildman–Crippen LogP) is 2.97. The van der Waals surface area contributed by atoms with Crippen molar-refractivity contribution >= 4 is 24.1 Å². The van der Waals surface area contributed by atoms with Crippen molar-refractivity contribution in [2.24, 2.45) is 0 Å². The number of carbonyl (C=O) groups excluding carboxylic acids is 2. The van der Waals surface area contributed by atoms with Crippen molar-refractivity contribution in [2.45, 2.75) is 31.8 Å². The van der Waals surface area contributed by atoms with Gasteiger partial charge in [0.25, 0.3) is 5.91 Å². The van der Waals surface area contributed by atoms with E-state index in [2.05, 4.69) is 17.6 Å². The second-order valence-corrected chi connectivity index (χ2v) is 6.65. The molecule has 6 heteroatoms. The number of amides is 1. The van der Waals surface area contributed by atoms with E-state index in [-0.39, 0.29) is 36.7 Å². The topological polar surface area (TPSA) is 67.4 Å². The predicted molar refractivity (Wildman–Crippen MR) is 108 cm³/mol. The lowest BCUT2D eigenvalue weighted by Gasteiger charge is -2.28. The molecule has 0 radical (unpaired) electrons. The van der Waals surface area contributed by atoms with Crippen molar-refractivity contribution in [1.82, 2.24) is 10.6 Å². The molecule has 1 saturated heterocycles. The van der Waals surface area contributed by atoms with Crippen LogP contribution in [0.15, 0.2) is 54.6 Å². The number of hydrogen-bond donors (Lipinski definition) is 2. The Balaban J connectivity index is 0.00000261. The van der Waals surface area contributed by atoms with Crippen molar-refractivity contribution in [3.63, 3.8) is 0 Å². The molecule has 2 aromatic carbocycles. The quantitative estimate of drug-likeness (QED) is 0.746. The average molecular weight is 389 g/mol. The van der Waals surface area contributed by atoms with Crippen LogP contribution in [0.3, 0.4) is 0 Å². The molecule has 2 N–H and O–H groups in total. The zero-order valence-corrected chi connectivity index (χ0v) is 16.1. The summed E-state index contributed by atoms with van der Waals surface area (Å²) in [7, 11) is 0. The molecule has 0 aromatic heterocycles. The van der Waals surface area contributed by atoms with E-state index in [1.54, 1.807) is 36.4 Å². The summed E-state index contributed by atoms with van der Waals surface area (Å²) >= 11 is 0. The Hall–Kier alpha value is -2.37. The minimum Gasteiger partial charge on any atom is -0.484 e. The maximum Gasteiger partial charge on any atom is 0.258 e. The zero-order valence-electron chi connectivity index (χ0n) is 15.3. The molecule has 144 valence electrons. The van der Waals surface area contributed by atoms with E-state index < -0.39 is 0 Å². The van der Waals surface area contributed by atoms with Crippen molar-refractivity contribution in [2.75, 3.05) is 13.2 Å². The number of benzene rings is 2. The van der Waals surface area contributed by atoms with Crippen molar-refractivity contribution in [1.29, 1.82) is 0 Å². The normalized spacial score (nSPS) is 18.9. The Kier molecular flexibility index (Phi) is 7.82. The first-order valence-corrected chi connectivity index (χ1v) is 8.97. The summed E-state index contributed by atoms with van der Waals surface area (Å²) in [5.41, 5.74) is 1.24. The minimum atomic E-state index is -0.117. The van der Waals surface area contributed by atoms with Gasteiger partial charge in [0.05, 0.1) is 0 Å². The number of carbonyl (C=O) groups is 2. The molecular weight excluding hydrogens is 364 g/mol. The van der Waals surface area contributed by atoms with E-state index in [1.165, 1.54) is 0 Å². The number of nitrogens with one attached hydrogen (secondary N) is 2. The molecule has 0 saturated carbocycles. The molecule has 2 aromatic rings. The van der Waals surface area contributed by atoms with Crippen molar-refractivity contribution in [3.8, 4) is 5.75 Å². The highest BCUT2D eigenvalue weighted by atomic mass is 35.5. The van der Waals surface area contributed by atoms with E-state index in [4.69, 9.17) is 4.74 Å². The Morgan fingerprint density at radius 1 is 1.07 bits per heavy atom. The maximum absolute atomic E-state index is 12.4. The van der Waals surface area contributed by atoms with Crippen LogP contribution in [0.4, 0.5) is 0 Å². The Morgan fingerprint density at radius 3 is 2.41 bits per heavy atom. The standard InChI is InChI=1S/C21H24N2O3.ClH/c1-15-13-18(11-12-22-15)23-20(24)14-26-19-9-7-17(8-10-19)21(25)16-5-3-2-4-6-16;/h2-10,15,18,22H,11-14H2,1H3,(H,23,24);1H. The first-order chi connectivity index (χ1) is 12.6. The summed E-state index contributed by atoms with van der Waals surface area (Å²) in [5.74, 6) is 0.423. The van der Waals surface area contributed by atoms with E-state index in [0.717, 1.165) is 19.4 Å². The lowest BCUT2D eigenvalue weighted by Crippen LogP contribution is -2.47. The van der Waals surface area contributed by atoms with Crippen molar-refractivity contribution < 1.29 is 14.3 Å². The fourth-order valence-electron chi connectivity index (χ4n) is 3.14. The molecule has 3 rings (SSSR count). The number of piperidine rings is 1. The maximum atomic E-state index is 12.4. The summed E-state index contributed by atoms with van der Waals surface area (Å²) in [6, 6.07) is 16.6. The molecule has 1 aliphatic rings. The summed E-state index contributed by atoms with van der Waals surface area (Å²) in [6.07, 6.45) is 1.87. The van der Waals surface area contributed by atoms with Gasteiger partial charge in [-0.1, -0.05) is 30.3 Å². The molecule has 27 heavy (non-hydrogen) atoms.